The number of rotatable bonds is 15. The molecule has 1 aromatic carbocycles. The highest BCUT2D eigenvalue weighted by molar-refractivity contribution is 5.46. The fourth-order valence-corrected chi connectivity index (χ4v) is 2.92. The van der Waals surface area contributed by atoms with Crippen LogP contribution in [0.15, 0.2) is 18.2 Å². The summed E-state index contributed by atoms with van der Waals surface area (Å²) < 4.78 is 11.2. The Labute approximate surface area is 154 Å². The van der Waals surface area contributed by atoms with Crippen LogP contribution in [0.1, 0.15) is 58.4 Å². The summed E-state index contributed by atoms with van der Waals surface area (Å²) in [4.78, 5) is 2.62. The van der Waals surface area contributed by atoms with Crippen molar-refractivity contribution in [1.82, 2.24) is 10.2 Å². The molecule has 4 nitrogen and oxygen atoms in total. The lowest BCUT2D eigenvalue weighted by Crippen LogP contribution is -2.29. The van der Waals surface area contributed by atoms with Crippen molar-refractivity contribution in [2.24, 2.45) is 0 Å². The first kappa shape index (κ1) is 21.8. The molecule has 25 heavy (non-hydrogen) atoms. The Morgan fingerprint density at radius 1 is 0.960 bits per heavy atom. The second kappa shape index (κ2) is 14.0. The van der Waals surface area contributed by atoms with Gasteiger partial charge in [0, 0.05) is 12.1 Å². The van der Waals surface area contributed by atoms with E-state index in [1.165, 1.54) is 51.7 Å². The zero-order chi connectivity index (χ0) is 18.3. The summed E-state index contributed by atoms with van der Waals surface area (Å²) in [5.74, 6) is 1.68. The standard InChI is InChI=1S/C21H38N2O2/c1-5-8-15-23(16-9-6-2)17-11-14-22-18-19-12-10-13-20(24-4)21(19)25-7-3/h10,12-13,22H,5-9,11,14-18H2,1-4H3. The Morgan fingerprint density at radius 2 is 1.64 bits per heavy atom. The van der Waals surface area contributed by atoms with Gasteiger partial charge in [0.2, 0.25) is 0 Å². The summed E-state index contributed by atoms with van der Waals surface area (Å²) in [5, 5.41) is 3.56. The lowest BCUT2D eigenvalue weighted by atomic mass is 10.2. The molecule has 0 bridgehead atoms. The van der Waals surface area contributed by atoms with Crippen molar-refractivity contribution in [2.45, 2.75) is 59.4 Å². The molecule has 4 heteroatoms. The van der Waals surface area contributed by atoms with Gasteiger partial charge in [0.25, 0.3) is 0 Å². The van der Waals surface area contributed by atoms with Crippen molar-refractivity contribution in [3.8, 4) is 11.5 Å². The van der Waals surface area contributed by atoms with Crippen LogP contribution in [0.4, 0.5) is 0 Å². The van der Waals surface area contributed by atoms with Crippen LogP contribution in [-0.2, 0) is 6.54 Å². The van der Waals surface area contributed by atoms with Gasteiger partial charge in [-0.25, -0.2) is 0 Å². The van der Waals surface area contributed by atoms with E-state index in [1.807, 2.05) is 19.1 Å². The molecule has 0 atom stereocenters. The first-order valence-electron chi connectivity index (χ1n) is 9.98. The Balaban J connectivity index is 2.39. The third-order valence-electron chi connectivity index (χ3n) is 4.37. The molecule has 0 amide bonds. The van der Waals surface area contributed by atoms with Gasteiger partial charge < -0.3 is 19.7 Å². The zero-order valence-electron chi connectivity index (χ0n) is 16.8. The molecular formula is C21H38N2O2. The molecular weight excluding hydrogens is 312 g/mol. The van der Waals surface area contributed by atoms with Gasteiger partial charge in [-0.3, -0.25) is 0 Å². The van der Waals surface area contributed by atoms with E-state index in [2.05, 4.69) is 30.1 Å². The van der Waals surface area contributed by atoms with Gasteiger partial charge in [-0.15, -0.1) is 0 Å². The number of ether oxygens (including phenoxy) is 2. The Bertz CT molecular complexity index is 444. The molecule has 0 saturated heterocycles. The van der Waals surface area contributed by atoms with Crippen LogP contribution in [0.25, 0.3) is 0 Å². The van der Waals surface area contributed by atoms with Crippen LogP contribution in [0.5, 0.6) is 11.5 Å². The highest BCUT2D eigenvalue weighted by Gasteiger charge is 2.10. The summed E-state index contributed by atoms with van der Waals surface area (Å²) >= 11 is 0. The topological polar surface area (TPSA) is 33.7 Å². The van der Waals surface area contributed by atoms with E-state index >= 15 is 0 Å². The molecule has 0 spiro atoms. The first-order valence-corrected chi connectivity index (χ1v) is 9.98. The van der Waals surface area contributed by atoms with Gasteiger partial charge in [-0.05, 0) is 58.4 Å². The third-order valence-corrected chi connectivity index (χ3v) is 4.37. The lowest BCUT2D eigenvalue weighted by Gasteiger charge is -2.22. The third kappa shape index (κ3) is 8.59. The highest BCUT2D eigenvalue weighted by atomic mass is 16.5. The van der Waals surface area contributed by atoms with Crippen molar-refractivity contribution in [2.75, 3.05) is 39.9 Å². The fraction of sp³-hybridized carbons (Fsp3) is 0.714. The molecule has 0 unspecified atom stereocenters. The maximum atomic E-state index is 5.77. The number of para-hydroxylation sites is 1. The number of hydrogen-bond acceptors (Lipinski definition) is 4. The molecule has 144 valence electrons. The summed E-state index contributed by atoms with van der Waals surface area (Å²) in [6.45, 7) is 12.7. The SMILES string of the molecule is CCCCN(CCCC)CCCNCc1cccc(OC)c1OCC. The van der Waals surface area contributed by atoms with E-state index in [1.54, 1.807) is 7.11 Å². The van der Waals surface area contributed by atoms with E-state index < -0.39 is 0 Å². The van der Waals surface area contributed by atoms with Gasteiger partial charge in [0.1, 0.15) is 0 Å². The average molecular weight is 351 g/mol. The molecule has 0 aromatic heterocycles. The van der Waals surface area contributed by atoms with Gasteiger partial charge in [0.05, 0.1) is 13.7 Å². The molecule has 0 aliphatic heterocycles. The normalized spacial score (nSPS) is 11.1. The lowest BCUT2D eigenvalue weighted by molar-refractivity contribution is 0.260. The smallest absolute Gasteiger partial charge is 0.165 e. The van der Waals surface area contributed by atoms with Crippen LogP contribution in [-0.4, -0.2) is 44.8 Å². The van der Waals surface area contributed by atoms with E-state index in [9.17, 15) is 0 Å². The van der Waals surface area contributed by atoms with E-state index in [0.29, 0.717) is 6.61 Å². The number of hydrogen-bond donors (Lipinski definition) is 1. The molecule has 0 fully saturated rings. The van der Waals surface area contributed by atoms with Crippen molar-refractivity contribution >= 4 is 0 Å². The molecule has 1 aromatic rings. The van der Waals surface area contributed by atoms with Crippen LogP contribution in [0, 0.1) is 0 Å². The van der Waals surface area contributed by atoms with E-state index in [4.69, 9.17) is 9.47 Å². The largest absolute Gasteiger partial charge is 0.493 e. The number of benzene rings is 1. The molecule has 1 N–H and O–H groups in total. The van der Waals surface area contributed by atoms with E-state index in [-0.39, 0.29) is 0 Å². The summed E-state index contributed by atoms with van der Waals surface area (Å²) in [6, 6.07) is 6.08. The number of methoxy groups -OCH3 is 1. The maximum Gasteiger partial charge on any atom is 0.165 e. The molecule has 1 rings (SSSR count). The Hall–Kier alpha value is -1.26. The Morgan fingerprint density at radius 3 is 2.24 bits per heavy atom. The predicted octanol–water partition coefficient (Wildman–Crippen LogP) is 4.48. The summed E-state index contributed by atoms with van der Waals surface area (Å²) in [6.07, 6.45) is 6.34. The molecule has 0 aliphatic carbocycles. The van der Waals surface area contributed by atoms with Gasteiger partial charge in [-0.1, -0.05) is 38.8 Å². The highest BCUT2D eigenvalue weighted by Crippen LogP contribution is 2.30. The average Bonchev–Trinajstić information content (AvgIpc) is 2.64. The molecule has 0 heterocycles. The van der Waals surface area contributed by atoms with Gasteiger partial charge >= 0.3 is 0 Å². The minimum absolute atomic E-state index is 0.650. The summed E-state index contributed by atoms with van der Waals surface area (Å²) in [5.41, 5.74) is 1.16. The monoisotopic (exact) mass is 350 g/mol. The second-order valence-corrected chi connectivity index (χ2v) is 6.46. The first-order chi connectivity index (χ1) is 12.3. The zero-order valence-corrected chi connectivity index (χ0v) is 16.8. The minimum Gasteiger partial charge on any atom is -0.493 e. The van der Waals surface area contributed by atoms with Gasteiger partial charge in [0.15, 0.2) is 11.5 Å². The van der Waals surface area contributed by atoms with Crippen LogP contribution in [0.3, 0.4) is 0 Å². The maximum absolute atomic E-state index is 5.77. The quantitative estimate of drug-likeness (QED) is 0.473. The number of nitrogens with zero attached hydrogens (tertiary/aromatic N) is 1. The fourth-order valence-electron chi connectivity index (χ4n) is 2.92. The second-order valence-electron chi connectivity index (χ2n) is 6.46. The van der Waals surface area contributed by atoms with Crippen molar-refractivity contribution in [1.29, 1.82) is 0 Å². The van der Waals surface area contributed by atoms with E-state index in [0.717, 1.165) is 30.2 Å². The van der Waals surface area contributed by atoms with Crippen LogP contribution in [0.2, 0.25) is 0 Å². The molecule has 0 aliphatic rings. The van der Waals surface area contributed by atoms with Crippen LogP contribution < -0.4 is 14.8 Å². The van der Waals surface area contributed by atoms with Crippen molar-refractivity contribution in [3.05, 3.63) is 23.8 Å². The summed E-state index contributed by atoms with van der Waals surface area (Å²) in [7, 11) is 1.69. The number of unbranched alkanes of at least 4 members (excludes halogenated alkanes) is 2. The Kier molecular flexibility index (Phi) is 12.2. The molecule has 0 saturated carbocycles. The van der Waals surface area contributed by atoms with Gasteiger partial charge in [-0.2, -0.15) is 0 Å². The molecule has 0 radical (unpaired) electrons. The van der Waals surface area contributed by atoms with Crippen molar-refractivity contribution in [3.63, 3.8) is 0 Å². The van der Waals surface area contributed by atoms with Crippen LogP contribution >= 0.6 is 0 Å². The minimum atomic E-state index is 0.650. The predicted molar refractivity (Wildman–Crippen MR) is 107 cm³/mol. The van der Waals surface area contributed by atoms with Crippen molar-refractivity contribution < 1.29 is 9.47 Å². The number of nitrogens with one attached hydrogen (secondary N) is 1.